The van der Waals surface area contributed by atoms with Gasteiger partial charge in [0.1, 0.15) is 6.04 Å². The van der Waals surface area contributed by atoms with E-state index in [2.05, 4.69) is 6.92 Å². The molecule has 7 heteroatoms. The average Bonchev–Trinajstić information content (AvgIpc) is 2.86. The maximum Gasteiger partial charge on any atom is 0.362 e. The van der Waals surface area contributed by atoms with Crippen LogP contribution in [0.15, 0.2) is 12.3 Å². The predicted octanol–water partition coefficient (Wildman–Crippen LogP) is 6.44. The Morgan fingerprint density at radius 2 is 0.946 bits per heavy atom. The van der Waals surface area contributed by atoms with E-state index in [1.807, 2.05) is 0 Å². The Bertz CT molecular complexity index is 612. The molecule has 37 heavy (non-hydrogen) atoms. The smallest absolute Gasteiger partial charge is 0.362 e. The van der Waals surface area contributed by atoms with E-state index >= 15 is 0 Å². The number of nitrogens with zero attached hydrogens (tertiary/aromatic N) is 1. The fourth-order valence-electron chi connectivity index (χ4n) is 5.20. The van der Waals surface area contributed by atoms with Gasteiger partial charge >= 0.3 is 11.9 Å². The molecule has 216 valence electrons. The van der Waals surface area contributed by atoms with Crippen LogP contribution in [0.3, 0.4) is 0 Å². The van der Waals surface area contributed by atoms with Crippen LogP contribution in [-0.4, -0.2) is 50.7 Å². The number of aliphatic carboxylic acids is 3. The van der Waals surface area contributed by atoms with Gasteiger partial charge in [0.15, 0.2) is 12.1 Å². The summed E-state index contributed by atoms with van der Waals surface area (Å²) < 4.78 is -0.716. The maximum absolute atomic E-state index is 11.7. The van der Waals surface area contributed by atoms with Crippen molar-refractivity contribution in [3.05, 3.63) is 12.3 Å². The Labute approximate surface area is 225 Å². The number of carbonyl (C=O) groups excluding carboxylic acids is 1. The summed E-state index contributed by atoms with van der Waals surface area (Å²) in [5.74, 6) is -3.96. The number of carboxylic acids is 3. The highest BCUT2D eigenvalue weighted by molar-refractivity contribution is 5.77. The number of carboxylic acid groups (broad SMARTS) is 3. The van der Waals surface area contributed by atoms with E-state index in [1.165, 1.54) is 117 Å². The van der Waals surface area contributed by atoms with Crippen molar-refractivity contribution in [2.45, 2.75) is 161 Å². The van der Waals surface area contributed by atoms with Crippen LogP contribution in [0.25, 0.3) is 0 Å². The lowest BCUT2D eigenvalue weighted by Gasteiger charge is -2.46. The lowest BCUT2D eigenvalue weighted by atomic mass is 10.0. The van der Waals surface area contributed by atoms with Gasteiger partial charge in [-0.05, 0) is 39.7 Å². The first-order valence-electron chi connectivity index (χ1n) is 14.8. The Morgan fingerprint density at radius 3 is 1.24 bits per heavy atom. The third-order valence-electron chi connectivity index (χ3n) is 7.91. The Kier molecular flexibility index (Phi) is 20.0. The number of allylic oxidation sites excluding steroid dienone is 1. The standard InChI is InChI=1S/C30H55NO6/c1-5-6-7-8-9-10-11-12-13-14-15-16-17-18-19-20-21-22-23-24-31(25(2)28(32)33,26(3)29(34)35)27(4)30(36)37/h23-27H,5-22H2,1-4H3,(H2-,32,33,34,35,36,37)/b24-23+. The van der Waals surface area contributed by atoms with E-state index in [0.29, 0.717) is 6.42 Å². The van der Waals surface area contributed by atoms with Crippen LogP contribution in [0.5, 0.6) is 0 Å². The van der Waals surface area contributed by atoms with Gasteiger partial charge in [0, 0.05) is 0 Å². The van der Waals surface area contributed by atoms with Crippen molar-refractivity contribution in [2.75, 3.05) is 0 Å². The molecule has 0 aliphatic heterocycles. The minimum Gasteiger partial charge on any atom is -0.544 e. The molecule has 0 aromatic heterocycles. The molecule has 0 saturated carbocycles. The summed E-state index contributed by atoms with van der Waals surface area (Å²) in [6.45, 7) is 6.27. The van der Waals surface area contributed by atoms with E-state index in [1.54, 1.807) is 6.08 Å². The molecule has 0 aliphatic rings. The number of quaternary nitrogens is 1. The molecule has 7 nitrogen and oxygen atoms in total. The summed E-state index contributed by atoms with van der Waals surface area (Å²) in [6.07, 6.45) is 25.8. The van der Waals surface area contributed by atoms with Crippen LogP contribution in [0.2, 0.25) is 0 Å². The molecule has 0 bridgehead atoms. The lowest BCUT2D eigenvalue weighted by molar-refractivity contribution is -0.923. The molecular formula is C30H55NO6. The lowest BCUT2D eigenvalue weighted by Crippen LogP contribution is -2.68. The molecule has 0 amide bonds. The number of carbonyl (C=O) groups is 3. The minimum absolute atomic E-state index is 0.650. The van der Waals surface area contributed by atoms with Crippen LogP contribution < -0.4 is 5.11 Å². The first-order valence-corrected chi connectivity index (χ1v) is 14.8. The van der Waals surface area contributed by atoms with E-state index in [9.17, 15) is 29.7 Å². The summed E-state index contributed by atoms with van der Waals surface area (Å²) in [4.78, 5) is 35.1. The summed E-state index contributed by atoms with van der Waals surface area (Å²) in [5, 5.41) is 30.8. The largest absolute Gasteiger partial charge is 0.544 e. The maximum atomic E-state index is 11.7. The van der Waals surface area contributed by atoms with Crippen LogP contribution in [-0.2, 0) is 14.4 Å². The van der Waals surface area contributed by atoms with Crippen LogP contribution in [0.1, 0.15) is 143 Å². The first-order chi connectivity index (χ1) is 17.6. The van der Waals surface area contributed by atoms with Gasteiger partial charge in [0.2, 0.25) is 0 Å². The molecule has 0 aliphatic carbocycles. The quantitative estimate of drug-likeness (QED) is 0.105. The second kappa shape index (κ2) is 21.1. The third kappa shape index (κ3) is 14.0. The van der Waals surface area contributed by atoms with E-state index in [4.69, 9.17) is 0 Å². The molecule has 3 unspecified atom stereocenters. The van der Waals surface area contributed by atoms with Crippen molar-refractivity contribution in [3.8, 4) is 0 Å². The van der Waals surface area contributed by atoms with Gasteiger partial charge in [-0.3, -0.25) is 4.48 Å². The number of unbranched alkanes of at least 4 members (excludes halogenated alkanes) is 17. The molecule has 0 radical (unpaired) electrons. The Hall–Kier alpha value is -1.89. The van der Waals surface area contributed by atoms with Crippen molar-refractivity contribution in [2.24, 2.45) is 0 Å². The van der Waals surface area contributed by atoms with Gasteiger partial charge in [-0.25, -0.2) is 9.59 Å². The second-order valence-electron chi connectivity index (χ2n) is 10.7. The molecule has 0 spiro atoms. The molecule has 0 fully saturated rings. The van der Waals surface area contributed by atoms with Crippen molar-refractivity contribution in [1.29, 1.82) is 0 Å². The predicted molar refractivity (Wildman–Crippen MR) is 147 cm³/mol. The molecule has 0 saturated heterocycles. The zero-order valence-electron chi connectivity index (χ0n) is 24.1. The fourth-order valence-corrected chi connectivity index (χ4v) is 5.20. The molecule has 2 N–H and O–H groups in total. The van der Waals surface area contributed by atoms with Crippen molar-refractivity contribution < 1.29 is 34.2 Å². The molecular weight excluding hydrogens is 470 g/mol. The van der Waals surface area contributed by atoms with Crippen molar-refractivity contribution in [3.63, 3.8) is 0 Å². The number of rotatable bonds is 25. The van der Waals surface area contributed by atoms with E-state index in [0.717, 1.165) is 19.3 Å². The van der Waals surface area contributed by atoms with E-state index in [-0.39, 0.29) is 0 Å². The summed E-state index contributed by atoms with van der Waals surface area (Å²) in [5.41, 5.74) is 0. The Balaban J connectivity index is 4.21. The molecule has 3 atom stereocenters. The highest BCUT2D eigenvalue weighted by atomic mass is 16.4. The minimum atomic E-state index is -1.47. The molecule has 0 heterocycles. The zero-order valence-corrected chi connectivity index (χ0v) is 24.1. The molecule has 0 aromatic carbocycles. The van der Waals surface area contributed by atoms with Gasteiger partial charge in [-0.15, -0.1) is 0 Å². The average molecular weight is 526 g/mol. The third-order valence-corrected chi connectivity index (χ3v) is 7.91. The highest BCUT2D eigenvalue weighted by Gasteiger charge is 2.49. The van der Waals surface area contributed by atoms with Gasteiger partial charge in [-0.1, -0.05) is 110 Å². The molecule has 0 rings (SSSR count). The summed E-state index contributed by atoms with van der Waals surface area (Å²) >= 11 is 0. The van der Waals surface area contributed by atoms with Crippen LogP contribution in [0.4, 0.5) is 0 Å². The molecule has 0 aromatic rings. The zero-order chi connectivity index (χ0) is 28.1. The van der Waals surface area contributed by atoms with Crippen LogP contribution >= 0.6 is 0 Å². The number of hydrogen-bond acceptors (Lipinski definition) is 4. The topological polar surface area (TPSA) is 115 Å². The van der Waals surface area contributed by atoms with Gasteiger partial charge < -0.3 is 20.1 Å². The summed E-state index contributed by atoms with van der Waals surface area (Å²) in [7, 11) is 0. The monoisotopic (exact) mass is 525 g/mol. The van der Waals surface area contributed by atoms with Gasteiger partial charge in [-0.2, -0.15) is 0 Å². The van der Waals surface area contributed by atoms with E-state index < -0.39 is 40.5 Å². The van der Waals surface area contributed by atoms with Gasteiger partial charge in [0.25, 0.3) is 0 Å². The van der Waals surface area contributed by atoms with Crippen LogP contribution in [0, 0.1) is 0 Å². The number of hydrogen-bond donors (Lipinski definition) is 2. The van der Waals surface area contributed by atoms with Gasteiger partial charge in [0.05, 0.1) is 12.2 Å². The Morgan fingerprint density at radius 1 is 0.622 bits per heavy atom. The normalized spacial score (nSPS) is 15.8. The highest BCUT2D eigenvalue weighted by Crippen LogP contribution is 2.27. The second-order valence-corrected chi connectivity index (χ2v) is 10.7. The summed E-state index contributed by atoms with van der Waals surface area (Å²) in [6, 6.07) is -3.81. The fraction of sp³-hybridized carbons (Fsp3) is 0.833. The first kappa shape index (κ1) is 35.1. The van der Waals surface area contributed by atoms with Crippen molar-refractivity contribution >= 4 is 17.9 Å². The van der Waals surface area contributed by atoms with Crippen molar-refractivity contribution in [1.82, 2.24) is 0 Å². The SMILES string of the molecule is CCCCCCCCCCCCCCCCCCC/C=C/[N+](C(C)C(=O)[O-])(C(C)C(=O)O)C(C)C(=O)O.